The number of anilines is 4. The van der Waals surface area contributed by atoms with Crippen molar-refractivity contribution >= 4 is 77.5 Å². The minimum atomic E-state index is -3.55. The predicted octanol–water partition coefficient (Wildman–Crippen LogP) is 12.2. The first kappa shape index (κ1) is 51.8. The summed E-state index contributed by atoms with van der Waals surface area (Å²) in [6.45, 7) is 7.46. The quantitative estimate of drug-likeness (QED) is 0.0445. The summed E-state index contributed by atoms with van der Waals surface area (Å²) >= 11 is 3.30. The van der Waals surface area contributed by atoms with Gasteiger partial charge in [-0.2, -0.15) is 10.2 Å². The van der Waals surface area contributed by atoms with E-state index in [0.29, 0.717) is 88.7 Å². The zero-order valence-corrected chi connectivity index (χ0v) is 45.5. The number of benzene rings is 2. The largest absolute Gasteiger partial charge is 0.447 e. The molecule has 16 nitrogen and oxygen atoms in total. The minimum Gasteiger partial charge on any atom is -0.447 e. The Bertz CT molecular complexity index is 3190. The summed E-state index contributed by atoms with van der Waals surface area (Å²) in [6.07, 6.45) is 9.53. The number of rotatable bonds is 19. The molecule has 4 aliphatic carbocycles. The number of hydrogen-bond donors (Lipinski definition) is 6. The molecule has 0 bridgehead atoms. The van der Waals surface area contributed by atoms with Crippen molar-refractivity contribution in [3.63, 3.8) is 0 Å². The zero-order chi connectivity index (χ0) is 51.7. The summed E-state index contributed by atoms with van der Waals surface area (Å²) in [5, 5.41) is 26.6. The molecule has 4 heterocycles. The molecule has 0 saturated heterocycles. The molecule has 2 amide bonds. The van der Waals surface area contributed by atoms with Gasteiger partial charge in [-0.25, -0.2) is 26.4 Å². The second kappa shape index (κ2) is 21.9. The van der Waals surface area contributed by atoms with Crippen LogP contribution in [0.3, 0.4) is 0 Å². The highest BCUT2D eigenvalue weighted by molar-refractivity contribution is 7.92. The molecule has 2 aromatic carbocycles. The summed E-state index contributed by atoms with van der Waals surface area (Å²) in [5.74, 6) is 1.85. The summed E-state index contributed by atoms with van der Waals surface area (Å²) in [4.78, 5) is 30.2. The standard InChI is InChI=1S/C54H66N8O8S4/c1-31(2)69-53(63)57-36-11-6-34(7-12-36)45-23-26-48(71-45)44-22-16-39(29-50(44)74(67,68)42-19-20-42)56-52-30-40(60-62-52)10-5-33(4)70-54(64)58-37-13-8-35(9-14-37)46-24-25-47(72-46)43-21-15-38(55-51-27-32(3)59-61-51)28-49(43)73(65,66)41-17-18-41/h15-16,21-31,33-37,41-42H,5-14,17-20H2,1-4H3,(H,57,63)(H,58,64)(H2,55,59,61)(H2,56,60,62). The van der Waals surface area contributed by atoms with Crippen molar-refractivity contribution in [2.75, 3.05) is 10.6 Å². The molecule has 4 fully saturated rings. The highest BCUT2D eigenvalue weighted by Crippen LogP contribution is 2.46. The number of ether oxygens (including phenoxy) is 2. The predicted molar refractivity (Wildman–Crippen MR) is 291 cm³/mol. The molecule has 1 unspecified atom stereocenters. The molecule has 4 saturated carbocycles. The van der Waals surface area contributed by atoms with Crippen LogP contribution in [0.5, 0.6) is 0 Å². The molecule has 4 aliphatic rings. The van der Waals surface area contributed by atoms with Gasteiger partial charge in [0.2, 0.25) is 0 Å². The first-order valence-electron chi connectivity index (χ1n) is 26.0. The molecule has 394 valence electrons. The Kier molecular flexibility index (Phi) is 15.3. The number of aryl methyl sites for hydroxylation is 2. The fourth-order valence-electron chi connectivity index (χ4n) is 10.2. The van der Waals surface area contributed by atoms with Gasteiger partial charge in [0.05, 0.1) is 26.4 Å². The topological polar surface area (TPSA) is 226 Å². The van der Waals surface area contributed by atoms with Gasteiger partial charge < -0.3 is 30.7 Å². The van der Waals surface area contributed by atoms with E-state index in [0.717, 1.165) is 78.1 Å². The van der Waals surface area contributed by atoms with Crippen LogP contribution in [0.2, 0.25) is 0 Å². The monoisotopic (exact) mass is 1080 g/mol. The van der Waals surface area contributed by atoms with Crippen LogP contribution < -0.4 is 21.3 Å². The second-order valence-electron chi connectivity index (χ2n) is 20.9. The van der Waals surface area contributed by atoms with Crippen LogP contribution in [0.4, 0.5) is 32.6 Å². The molecular weight excluding hydrogens is 1020 g/mol. The number of aromatic amines is 2. The number of amides is 2. The third kappa shape index (κ3) is 12.3. The second-order valence-corrected chi connectivity index (χ2v) is 27.5. The molecule has 6 aromatic rings. The highest BCUT2D eigenvalue weighted by atomic mass is 32.2. The lowest BCUT2D eigenvalue weighted by Gasteiger charge is -2.28. The maximum absolute atomic E-state index is 13.9. The number of carbonyl (C=O) groups is 2. The fourth-order valence-corrected chi connectivity index (χ4v) is 16.6. The molecule has 20 heteroatoms. The summed E-state index contributed by atoms with van der Waals surface area (Å²) in [6, 6.07) is 23.2. The van der Waals surface area contributed by atoms with Crippen molar-refractivity contribution in [2.24, 2.45) is 0 Å². The van der Waals surface area contributed by atoms with Crippen LogP contribution in [-0.4, -0.2) is 84.2 Å². The van der Waals surface area contributed by atoms with Crippen molar-refractivity contribution in [1.82, 2.24) is 31.0 Å². The van der Waals surface area contributed by atoms with Gasteiger partial charge in [0.1, 0.15) is 6.10 Å². The number of thiophene rings is 2. The Labute approximate surface area is 441 Å². The number of hydrogen-bond acceptors (Lipinski definition) is 14. The van der Waals surface area contributed by atoms with Crippen LogP contribution >= 0.6 is 22.7 Å². The molecule has 0 radical (unpaired) electrons. The van der Waals surface area contributed by atoms with Gasteiger partial charge in [-0.15, -0.1) is 22.7 Å². The van der Waals surface area contributed by atoms with E-state index in [2.05, 4.69) is 53.8 Å². The smallest absolute Gasteiger partial charge is 0.407 e. The van der Waals surface area contributed by atoms with Gasteiger partial charge >= 0.3 is 12.2 Å². The SMILES string of the molecule is Cc1cc(Nc2ccc(-c3ccc(C4CCC(NC(=O)OC(C)CCc5cc(Nc6ccc(-c7ccc(C8CCC(NC(=O)OC(C)C)CC8)s7)c(S(=O)(=O)C7CC7)c6)n[nH]5)CC4)s3)c(S(=O)(=O)C3CC3)c2)n[nH]1. The number of H-pyrrole nitrogens is 2. The molecule has 6 N–H and O–H groups in total. The molecule has 4 aromatic heterocycles. The lowest BCUT2D eigenvalue weighted by atomic mass is 9.85. The lowest BCUT2D eigenvalue weighted by molar-refractivity contribution is 0.0968. The maximum Gasteiger partial charge on any atom is 0.407 e. The van der Waals surface area contributed by atoms with E-state index < -0.39 is 25.8 Å². The van der Waals surface area contributed by atoms with Gasteiger partial charge in [-0.1, -0.05) is 12.1 Å². The van der Waals surface area contributed by atoms with E-state index in [1.807, 2.05) is 76.2 Å². The Morgan fingerprint density at radius 3 is 1.54 bits per heavy atom. The number of nitrogens with one attached hydrogen (secondary N) is 6. The van der Waals surface area contributed by atoms with Gasteiger partial charge in [0, 0.05) is 77.6 Å². The van der Waals surface area contributed by atoms with Crippen LogP contribution in [0.25, 0.3) is 20.9 Å². The summed E-state index contributed by atoms with van der Waals surface area (Å²) in [5.41, 5.74) is 4.49. The van der Waals surface area contributed by atoms with Crippen LogP contribution in [0.15, 0.2) is 82.6 Å². The Hall–Kier alpha value is -5.70. The van der Waals surface area contributed by atoms with Crippen LogP contribution in [0, 0.1) is 6.92 Å². The normalized spacial score (nSPS) is 20.7. The molecule has 0 spiro atoms. The average molecular weight is 1080 g/mol. The van der Waals surface area contributed by atoms with Gasteiger partial charge in [-0.3, -0.25) is 10.2 Å². The van der Waals surface area contributed by atoms with Crippen LogP contribution in [-0.2, 0) is 35.6 Å². The van der Waals surface area contributed by atoms with E-state index in [1.54, 1.807) is 34.8 Å². The molecule has 74 heavy (non-hydrogen) atoms. The van der Waals surface area contributed by atoms with E-state index in [9.17, 15) is 26.4 Å². The fraction of sp³-hybridized carbons (Fsp3) is 0.481. The van der Waals surface area contributed by atoms with Crippen molar-refractivity contribution in [3.8, 4) is 20.9 Å². The Morgan fingerprint density at radius 1 is 0.608 bits per heavy atom. The Morgan fingerprint density at radius 2 is 1.08 bits per heavy atom. The third-order valence-corrected chi connectivity index (χ3v) is 21.7. The number of aromatic nitrogens is 4. The number of nitrogens with zero attached hydrogens (tertiary/aromatic N) is 2. The first-order chi connectivity index (χ1) is 35.5. The van der Waals surface area contributed by atoms with Crippen molar-refractivity contribution in [3.05, 3.63) is 93.9 Å². The lowest BCUT2D eigenvalue weighted by Crippen LogP contribution is -2.38. The molecule has 10 rings (SSSR count). The van der Waals surface area contributed by atoms with Crippen molar-refractivity contribution < 1.29 is 35.9 Å². The van der Waals surface area contributed by atoms with E-state index >= 15 is 0 Å². The molecular formula is C54H66N8O8S4. The van der Waals surface area contributed by atoms with Gasteiger partial charge in [-0.05, 0) is 178 Å². The summed E-state index contributed by atoms with van der Waals surface area (Å²) < 4.78 is 66.2. The number of carbonyl (C=O) groups excluding carboxylic acids is 2. The summed E-state index contributed by atoms with van der Waals surface area (Å²) in [7, 11) is -7.04. The van der Waals surface area contributed by atoms with E-state index in [4.69, 9.17) is 9.47 Å². The maximum atomic E-state index is 13.9. The van der Waals surface area contributed by atoms with Gasteiger partial charge in [0.25, 0.3) is 0 Å². The molecule has 1 atom stereocenters. The molecule has 0 aliphatic heterocycles. The Balaban J connectivity index is 0.691. The third-order valence-electron chi connectivity index (χ3n) is 14.5. The van der Waals surface area contributed by atoms with Crippen LogP contribution in [0.1, 0.15) is 137 Å². The van der Waals surface area contributed by atoms with E-state index in [-0.39, 0.29) is 40.9 Å². The van der Waals surface area contributed by atoms with E-state index in [1.165, 1.54) is 9.75 Å². The first-order valence-corrected chi connectivity index (χ1v) is 30.8. The number of sulfone groups is 2. The van der Waals surface area contributed by atoms with Crippen molar-refractivity contribution in [2.45, 2.75) is 174 Å². The van der Waals surface area contributed by atoms with Gasteiger partial charge in [0.15, 0.2) is 31.3 Å². The zero-order valence-electron chi connectivity index (χ0n) is 42.2. The minimum absolute atomic E-state index is 0.000268. The average Bonchev–Trinajstić information content (AvgIpc) is 4.21. The number of alkyl carbamates (subject to hydrolysis) is 2. The van der Waals surface area contributed by atoms with Crippen molar-refractivity contribution in [1.29, 1.82) is 0 Å². The highest BCUT2D eigenvalue weighted by Gasteiger charge is 2.40.